The number of hydrogen-bond acceptors (Lipinski definition) is 4. The fraction of sp³-hybridized carbons (Fsp3) is 0.0714. The van der Waals surface area contributed by atoms with Crippen molar-refractivity contribution >= 4 is 39.6 Å². The van der Waals surface area contributed by atoms with Gasteiger partial charge in [0, 0.05) is 10.8 Å². The minimum atomic E-state index is -0.259. The molecule has 1 N–H and O–H groups in total. The summed E-state index contributed by atoms with van der Waals surface area (Å²) in [7, 11) is 0. The van der Waals surface area contributed by atoms with Gasteiger partial charge in [-0.05, 0) is 11.5 Å². The lowest BCUT2D eigenvalue weighted by molar-refractivity contribution is 0.0945. The fourth-order valence-corrected chi connectivity index (χ4v) is 2.68. The van der Waals surface area contributed by atoms with E-state index in [0.29, 0.717) is 17.4 Å². The van der Waals surface area contributed by atoms with E-state index in [9.17, 15) is 4.79 Å². The Hall–Kier alpha value is -1.98. The Balaban J connectivity index is 1.84. The molecule has 0 atom stereocenters. The molecule has 0 saturated carbocycles. The van der Waals surface area contributed by atoms with Gasteiger partial charge in [-0.3, -0.25) is 4.79 Å². The number of aromatic nitrogens is 2. The molecular weight excluding hydrogens is 294 g/mol. The summed E-state index contributed by atoms with van der Waals surface area (Å²) in [5.41, 5.74) is 2.87. The second-order valence-electron chi connectivity index (χ2n) is 4.18. The monoisotopic (exact) mass is 303 g/mol. The van der Waals surface area contributed by atoms with Gasteiger partial charge < -0.3 is 5.32 Å². The Morgan fingerprint density at radius 1 is 1.35 bits per heavy atom. The number of nitrogens with one attached hydrogen (secondary N) is 1. The SMILES string of the molecule is O=C(NCc1cscn1)c1cc2ccccc2c(Cl)n1. The highest BCUT2D eigenvalue weighted by molar-refractivity contribution is 7.07. The van der Waals surface area contributed by atoms with Crippen LogP contribution in [-0.2, 0) is 6.54 Å². The van der Waals surface area contributed by atoms with Gasteiger partial charge in [0.25, 0.3) is 5.91 Å². The minimum absolute atomic E-state index is 0.259. The molecule has 2 heterocycles. The van der Waals surface area contributed by atoms with Gasteiger partial charge in [0.1, 0.15) is 10.8 Å². The van der Waals surface area contributed by atoms with Crippen LogP contribution < -0.4 is 5.32 Å². The van der Waals surface area contributed by atoms with Gasteiger partial charge in [0.05, 0.1) is 17.7 Å². The molecule has 100 valence electrons. The van der Waals surface area contributed by atoms with Crippen molar-refractivity contribution in [1.82, 2.24) is 15.3 Å². The van der Waals surface area contributed by atoms with E-state index in [-0.39, 0.29) is 5.91 Å². The van der Waals surface area contributed by atoms with Crippen LogP contribution in [0.1, 0.15) is 16.2 Å². The summed E-state index contributed by atoms with van der Waals surface area (Å²) in [6.45, 7) is 0.383. The van der Waals surface area contributed by atoms with Gasteiger partial charge in [-0.15, -0.1) is 11.3 Å². The zero-order valence-electron chi connectivity index (χ0n) is 10.3. The summed E-state index contributed by atoms with van der Waals surface area (Å²) in [5.74, 6) is -0.259. The topological polar surface area (TPSA) is 54.9 Å². The molecule has 0 radical (unpaired) electrons. The van der Waals surface area contributed by atoms with Gasteiger partial charge in [-0.25, -0.2) is 9.97 Å². The third-order valence-corrected chi connectivity index (χ3v) is 3.76. The first kappa shape index (κ1) is 13.0. The first-order valence-corrected chi connectivity index (χ1v) is 7.26. The zero-order chi connectivity index (χ0) is 13.9. The van der Waals surface area contributed by atoms with E-state index in [4.69, 9.17) is 11.6 Å². The normalized spacial score (nSPS) is 10.7. The molecule has 1 aromatic carbocycles. The first-order valence-electron chi connectivity index (χ1n) is 5.94. The van der Waals surface area contributed by atoms with E-state index in [0.717, 1.165) is 16.5 Å². The van der Waals surface area contributed by atoms with Crippen LogP contribution in [0.3, 0.4) is 0 Å². The number of thiazole rings is 1. The summed E-state index contributed by atoms with van der Waals surface area (Å²) in [5, 5.41) is 6.74. The molecule has 0 saturated heterocycles. The van der Waals surface area contributed by atoms with Crippen molar-refractivity contribution in [1.29, 1.82) is 0 Å². The van der Waals surface area contributed by atoms with Crippen molar-refractivity contribution in [2.75, 3.05) is 0 Å². The van der Waals surface area contributed by atoms with E-state index in [1.165, 1.54) is 11.3 Å². The van der Waals surface area contributed by atoms with Gasteiger partial charge >= 0.3 is 0 Å². The lowest BCUT2D eigenvalue weighted by Gasteiger charge is -2.05. The van der Waals surface area contributed by atoms with Gasteiger partial charge in [0.2, 0.25) is 0 Å². The summed E-state index contributed by atoms with van der Waals surface area (Å²) in [6.07, 6.45) is 0. The van der Waals surface area contributed by atoms with Crippen molar-refractivity contribution in [2.45, 2.75) is 6.54 Å². The molecule has 1 amide bonds. The second kappa shape index (κ2) is 5.56. The van der Waals surface area contributed by atoms with Crippen LogP contribution in [0.4, 0.5) is 0 Å². The molecule has 0 fully saturated rings. The maximum atomic E-state index is 12.1. The van der Waals surface area contributed by atoms with Crippen molar-refractivity contribution in [2.24, 2.45) is 0 Å². The summed E-state index contributed by atoms with van der Waals surface area (Å²) >= 11 is 7.60. The van der Waals surface area contributed by atoms with E-state index in [2.05, 4.69) is 15.3 Å². The molecule has 0 aliphatic carbocycles. The number of pyridine rings is 1. The third-order valence-electron chi connectivity index (χ3n) is 2.84. The smallest absolute Gasteiger partial charge is 0.270 e. The number of amides is 1. The molecule has 0 bridgehead atoms. The van der Waals surface area contributed by atoms with E-state index in [1.807, 2.05) is 29.6 Å². The van der Waals surface area contributed by atoms with Crippen LogP contribution in [0.15, 0.2) is 41.2 Å². The molecule has 2 aromatic heterocycles. The maximum Gasteiger partial charge on any atom is 0.270 e. The van der Waals surface area contributed by atoms with Crippen molar-refractivity contribution < 1.29 is 4.79 Å². The molecule has 0 aliphatic rings. The Bertz CT molecular complexity index is 758. The van der Waals surface area contributed by atoms with E-state index >= 15 is 0 Å². The Labute approximate surface area is 124 Å². The van der Waals surface area contributed by atoms with Gasteiger partial charge in [0.15, 0.2) is 0 Å². The molecular formula is C14H10ClN3OS. The largest absolute Gasteiger partial charge is 0.345 e. The average Bonchev–Trinajstić information content (AvgIpc) is 2.98. The van der Waals surface area contributed by atoms with Crippen molar-refractivity contribution in [3.05, 3.63) is 57.8 Å². The second-order valence-corrected chi connectivity index (χ2v) is 5.26. The lowest BCUT2D eigenvalue weighted by Crippen LogP contribution is -2.24. The van der Waals surface area contributed by atoms with E-state index in [1.54, 1.807) is 11.6 Å². The van der Waals surface area contributed by atoms with Crippen LogP contribution in [-0.4, -0.2) is 15.9 Å². The van der Waals surface area contributed by atoms with Crippen LogP contribution in [0.25, 0.3) is 10.8 Å². The predicted octanol–water partition coefficient (Wildman–Crippen LogP) is 3.27. The highest BCUT2D eigenvalue weighted by Gasteiger charge is 2.11. The summed E-state index contributed by atoms with van der Waals surface area (Å²) in [6, 6.07) is 9.30. The highest BCUT2D eigenvalue weighted by atomic mass is 35.5. The molecule has 6 heteroatoms. The molecule has 0 aliphatic heterocycles. The van der Waals surface area contributed by atoms with E-state index < -0.39 is 0 Å². The van der Waals surface area contributed by atoms with Gasteiger partial charge in [-0.1, -0.05) is 35.9 Å². The molecule has 0 unspecified atom stereocenters. The van der Waals surface area contributed by atoms with Crippen LogP contribution in [0.5, 0.6) is 0 Å². The highest BCUT2D eigenvalue weighted by Crippen LogP contribution is 2.22. The number of halogens is 1. The van der Waals surface area contributed by atoms with Crippen molar-refractivity contribution in [3.63, 3.8) is 0 Å². The molecule has 0 spiro atoms. The Kier molecular flexibility index (Phi) is 3.62. The predicted molar refractivity (Wildman–Crippen MR) is 80.0 cm³/mol. The number of rotatable bonds is 3. The number of carbonyl (C=O) groups excluding carboxylic acids is 1. The molecule has 4 nitrogen and oxygen atoms in total. The Morgan fingerprint density at radius 2 is 2.20 bits per heavy atom. The van der Waals surface area contributed by atoms with Crippen LogP contribution in [0, 0.1) is 0 Å². The maximum absolute atomic E-state index is 12.1. The Morgan fingerprint density at radius 3 is 3.00 bits per heavy atom. The number of nitrogens with zero attached hydrogens (tertiary/aromatic N) is 2. The fourth-order valence-electron chi connectivity index (χ4n) is 1.86. The summed E-state index contributed by atoms with van der Waals surface area (Å²) in [4.78, 5) is 20.3. The standard InChI is InChI=1S/C14H10ClN3OS/c15-13-11-4-2-1-3-9(11)5-12(18-13)14(19)16-6-10-7-20-8-17-10/h1-5,7-8H,6H2,(H,16,19). The molecule has 3 aromatic rings. The minimum Gasteiger partial charge on any atom is -0.345 e. The number of fused-ring (bicyclic) bond motifs is 1. The number of benzene rings is 1. The molecule has 3 rings (SSSR count). The molecule has 20 heavy (non-hydrogen) atoms. The van der Waals surface area contributed by atoms with Crippen LogP contribution in [0.2, 0.25) is 5.15 Å². The quantitative estimate of drug-likeness (QED) is 0.756. The number of hydrogen-bond donors (Lipinski definition) is 1. The van der Waals surface area contributed by atoms with Crippen molar-refractivity contribution in [3.8, 4) is 0 Å². The zero-order valence-corrected chi connectivity index (χ0v) is 11.9. The lowest BCUT2D eigenvalue weighted by atomic mass is 10.1. The van der Waals surface area contributed by atoms with Gasteiger partial charge in [-0.2, -0.15) is 0 Å². The van der Waals surface area contributed by atoms with Crippen LogP contribution >= 0.6 is 22.9 Å². The number of carbonyl (C=O) groups is 1. The first-order chi connectivity index (χ1) is 9.74. The average molecular weight is 304 g/mol. The summed E-state index contributed by atoms with van der Waals surface area (Å²) < 4.78 is 0. The third kappa shape index (κ3) is 2.64.